The zero-order valence-corrected chi connectivity index (χ0v) is 13.9. The molecule has 1 unspecified atom stereocenters. The first-order valence-electron chi connectivity index (χ1n) is 7.54. The molecule has 2 nitrogen and oxygen atoms in total. The van der Waals surface area contributed by atoms with Crippen LogP contribution in [-0.2, 0) is 12.8 Å². The van der Waals surface area contributed by atoms with Crippen LogP contribution in [0.5, 0.6) is 0 Å². The Kier molecular flexibility index (Phi) is 4.32. The van der Waals surface area contributed by atoms with Gasteiger partial charge in [-0.25, -0.2) is 0 Å². The van der Waals surface area contributed by atoms with Crippen LogP contribution in [0.3, 0.4) is 0 Å². The molecule has 0 aliphatic carbocycles. The van der Waals surface area contributed by atoms with Gasteiger partial charge in [0.15, 0.2) is 0 Å². The first-order valence-corrected chi connectivity index (χ1v) is 8.34. The number of aryl methyl sites for hydroxylation is 1. The number of benzene rings is 2. The lowest BCUT2D eigenvalue weighted by atomic mass is 9.98. The summed E-state index contributed by atoms with van der Waals surface area (Å²) in [5.74, 6) is 0. The molecule has 0 saturated heterocycles. The molecule has 21 heavy (non-hydrogen) atoms. The van der Waals surface area contributed by atoms with Crippen molar-refractivity contribution in [2.75, 3.05) is 11.4 Å². The molecule has 3 heteroatoms. The highest BCUT2D eigenvalue weighted by Gasteiger charge is 2.20. The van der Waals surface area contributed by atoms with Gasteiger partial charge in [-0.2, -0.15) is 0 Å². The van der Waals surface area contributed by atoms with Gasteiger partial charge in [-0.3, -0.25) is 0 Å². The highest BCUT2D eigenvalue weighted by Crippen LogP contribution is 2.36. The van der Waals surface area contributed by atoms with E-state index in [0.29, 0.717) is 0 Å². The van der Waals surface area contributed by atoms with E-state index < -0.39 is 0 Å². The van der Waals surface area contributed by atoms with E-state index in [1.54, 1.807) is 0 Å². The Balaban J connectivity index is 2.05. The lowest BCUT2D eigenvalue weighted by molar-refractivity contribution is 0.726. The highest BCUT2D eigenvalue weighted by atomic mass is 79.9. The van der Waals surface area contributed by atoms with E-state index >= 15 is 0 Å². The first-order chi connectivity index (χ1) is 10.1. The summed E-state index contributed by atoms with van der Waals surface area (Å²) in [5.41, 5.74) is 11.4. The Labute approximate surface area is 135 Å². The lowest BCUT2D eigenvalue weighted by Crippen LogP contribution is -2.27. The summed E-state index contributed by atoms with van der Waals surface area (Å²) in [6.45, 7) is 3.14. The zero-order chi connectivity index (χ0) is 14.8. The quantitative estimate of drug-likeness (QED) is 0.892. The second-order valence-corrected chi connectivity index (χ2v) is 6.75. The Morgan fingerprint density at radius 3 is 2.81 bits per heavy atom. The van der Waals surface area contributed by atoms with Crippen molar-refractivity contribution in [1.29, 1.82) is 0 Å². The maximum atomic E-state index is 6.03. The van der Waals surface area contributed by atoms with Gasteiger partial charge in [0.05, 0.1) is 0 Å². The second-order valence-electron chi connectivity index (χ2n) is 5.84. The van der Waals surface area contributed by atoms with Gasteiger partial charge in [0, 0.05) is 28.4 Å². The van der Waals surface area contributed by atoms with Crippen LogP contribution in [-0.4, -0.2) is 12.6 Å². The predicted octanol–water partition coefficient (Wildman–Crippen LogP) is 4.42. The van der Waals surface area contributed by atoms with Gasteiger partial charge >= 0.3 is 0 Å². The van der Waals surface area contributed by atoms with E-state index in [0.717, 1.165) is 17.4 Å². The van der Waals surface area contributed by atoms with E-state index in [1.807, 2.05) is 0 Å². The van der Waals surface area contributed by atoms with Crippen LogP contribution in [0.4, 0.5) is 11.4 Å². The molecule has 1 heterocycles. The summed E-state index contributed by atoms with van der Waals surface area (Å²) in [6.07, 6.45) is 3.27. The zero-order valence-electron chi connectivity index (χ0n) is 12.3. The minimum absolute atomic E-state index is 0.165. The van der Waals surface area contributed by atoms with Gasteiger partial charge in [0.25, 0.3) is 0 Å². The molecular formula is C18H21BrN2. The molecule has 0 saturated carbocycles. The fourth-order valence-corrected chi connectivity index (χ4v) is 3.52. The summed E-state index contributed by atoms with van der Waals surface area (Å²) < 4.78 is 1.12. The SMILES string of the molecule is CC(N)Cc1cc(Br)ccc1N1CCCc2ccccc21. The van der Waals surface area contributed by atoms with E-state index in [1.165, 1.54) is 35.3 Å². The van der Waals surface area contributed by atoms with Crippen molar-refractivity contribution in [1.82, 2.24) is 0 Å². The van der Waals surface area contributed by atoms with Crippen molar-refractivity contribution >= 4 is 27.3 Å². The molecule has 0 spiro atoms. The van der Waals surface area contributed by atoms with Gasteiger partial charge in [-0.15, -0.1) is 0 Å². The summed E-state index contributed by atoms with van der Waals surface area (Å²) >= 11 is 3.58. The molecule has 0 fully saturated rings. The molecule has 2 aromatic rings. The Morgan fingerprint density at radius 1 is 1.19 bits per heavy atom. The van der Waals surface area contributed by atoms with Crippen molar-refractivity contribution < 1.29 is 0 Å². The number of hydrogen-bond acceptors (Lipinski definition) is 2. The summed E-state index contributed by atoms with van der Waals surface area (Å²) in [6, 6.07) is 15.4. The Bertz CT molecular complexity index is 637. The summed E-state index contributed by atoms with van der Waals surface area (Å²) in [7, 11) is 0. The van der Waals surface area contributed by atoms with Crippen LogP contribution in [0.25, 0.3) is 0 Å². The van der Waals surface area contributed by atoms with E-state index in [4.69, 9.17) is 5.73 Å². The largest absolute Gasteiger partial charge is 0.341 e. The van der Waals surface area contributed by atoms with Crippen LogP contribution < -0.4 is 10.6 Å². The van der Waals surface area contributed by atoms with Crippen molar-refractivity contribution in [3.8, 4) is 0 Å². The second kappa shape index (κ2) is 6.20. The molecular weight excluding hydrogens is 324 g/mol. The number of anilines is 2. The average Bonchev–Trinajstić information content (AvgIpc) is 2.46. The van der Waals surface area contributed by atoms with Crippen molar-refractivity contribution in [2.24, 2.45) is 5.73 Å². The molecule has 110 valence electrons. The molecule has 0 amide bonds. The molecule has 1 atom stereocenters. The summed E-state index contributed by atoms with van der Waals surface area (Å²) in [5, 5.41) is 0. The van der Waals surface area contributed by atoms with Crippen LogP contribution >= 0.6 is 15.9 Å². The van der Waals surface area contributed by atoms with E-state index in [2.05, 4.69) is 70.2 Å². The third-order valence-electron chi connectivity index (χ3n) is 3.98. The minimum Gasteiger partial charge on any atom is -0.341 e. The van der Waals surface area contributed by atoms with Gasteiger partial charge < -0.3 is 10.6 Å². The fraction of sp³-hybridized carbons (Fsp3) is 0.333. The number of fused-ring (bicyclic) bond motifs is 1. The van der Waals surface area contributed by atoms with Crippen molar-refractivity contribution in [3.63, 3.8) is 0 Å². The molecule has 0 aromatic heterocycles. The van der Waals surface area contributed by atoms with Gasteiger partial charge in [0.1, 0.15) is 0 Å². The molecule has 2 aromatic carbocycles. The molecule has 2 N–H and O–H groups in total. The smallest absolute Gasteiger partial charge is 0.0444 e. The van der Waals surface area contributed by atoms with E-state index in [-0.39, 0.29) is 6.04 Å². The van der Waals surface area contributed by atoms with Crippen molar-refractivity contribution in [2.45, 2.75) is 32.2 Å². The van der Waals surface area contributed by atoms with Gasteiger partial charge in [0.2, 0.25) is 0 Å². The summed E-state index contributed by atoms with van der Waals surface area (Å²) in [4.78, 5) is 2.45. The maximum Gasteiger partial charge on any atom is 0.0444 e. The van der Waals surface area contributed by atoms with Crippen LogP contribution in [0.15, 0.2) is 46.9 Å². The number of rotatable bonds is 3. The van der Waals surface area contributed by atoms with Gasteiger partial charge in [-0.1, -0.05) is 34.1 Å². The van der Waals surface area contributed by atoms with Crippen LogP contribution in [0.2, 0.25) is 0 Å². The molecule has 0 bridgehead atoms. The third-order valence-corrected chi connectivity index (χ3v) is 4.48. The number of para-hydroxylation sites is 1. The minimum atomic E-state index is 0.165. The van der Waals surface area contributed by atoms with Gasteiger partial charge in [-0.05, 0) is 61.6 Å². The highest BCUT2D eigenvalue weighted by molar-refractivity contribution is 9.10. The van der Waals surface area contributed by atoms with Crippen LogP contribution in [0.1, 0.15) is 24.5 Å². The number of hydrogen-bond donors (Lipinski definition) is 1. The molecule has 0 radical (unpaired) electrons. The van der Waals surface area contributed by atoms with Crippen molar-refractivity contribution in [3.05, 3.63) is 58.1 Å². The topological polar surface area (TPSA) is 29.3 Å². The maximum absolute atomic E-state index is 6.03. The first kappa shape index (κ1) is 14.6. The number of halogens is 1. The molecule has 1 aliphatic rings. The molecule has 3 rings (SSSR count). The Hall–Kier alpha value is -1.32. The average molecular weight is 345 g/mol. The Morgan fingerprint density at radius 2 is 2.00 bits per heavy atom. The monoisotopic (exact) mass is 344 g/mol. The molecule has 1 aliphatic heterocycles. The third kappa shape index (κ3) is 3.14. The van der Waals surface area contributed by atoms with E-state index in [9.17, 15) is 0 Å². The standard InChI is InChI=1S/C18H21BrN2/c1-13(20)11-15-12-16(19)8-9-18(15)21-10-4-6-14-5-2-3-7-17(14)21/h2-3,5,7-9,12-13H,4,6,10-11,20H2,1H3. The number of nitrogens with zero attached hydrogens (tertiary/aromatic N) is 1. The number of nitrogens with two attached hydrogens (primary N) is 1. The fourth-order valence-electron chi connectivity index (χ4n) is 3.11. The predicted molar refractivity (Wildman–Crippen MR) is 93.3 cm³/mol. The van der Waals surface area contributed by atoms with Crippen LogP contribution in [0, 0.1) is 0 Å². The lowest BCUT2D eigenvalue weighted by Gasteiger charge is -2.33. The normalized spacial score (nSPS) is 15.7.